The van der Waals surface area contributed by atoms with Gasteiger partial charge >= 0.3 is 0 Å². The van der Waals surface area contributed by atoms with Crippen LogP contribution in [-0.2, 0) is 12.0 Å². The van der Waals surface area contributed by atoms with Gasteiger partial charge in [0.05, 0.1) is 11.5 Å². The molecule has 0 fully saturated rings. The van der Waals surface area contributed by atoms with Gasteiger partial charge in [-0.2, -0.15) is 5.26 Å². The number of nitrogens with zero attached hydrogens (tertiary/aromatic N) is 1. The lowest BCUT2D eigenvalue weighted by molar-refractivity contribution is -0.0535. The molecule has 0 heterocycles. The molecular weight excluding hydrogens is 217 g/mol. The van der Waals surface area contributed by atoms with E-state index in [0.717, 1.165) is 5.56 Å². The van der Waals surface area contributed by atoms with Gasteiger partial charge in [0, 0.05) is 0 Å². The minimum absolute atomic E-state index is 0.289. The van der Waals surface area contributed by atoms with Crippen molar-refractivity contribution in [3.05, 3.63) is 35.1 Å². The standard InChI is InChI=1S/C14H16FNO/c1-3-13(2,9-16)14(17)7-6-10-8-11(15)4-5-12(10)14/h4-5,8,17H,3,6-7H2,1-2H3. The molecule has 0 spiro atoms. The predicted octanol–water partition coefficient (Wildman–Crippen LogP) is 2.90. The van der Waals surface area contributed by atoms with Gasteiger partial charge in [-0.1, -0.05) is 13.0 Å². The van der Waals surface area contributed by atoms with E-state index in [1.54, 1.807) is 13.0 Å². The third kappa shape index (κ3) is 1.56. The van der Waals surface area contributed by atoms with Gasteiger partial charge in [-0.05, 0) is 49.4 Å². The Balaban J connectivity index is 2.55. The summed E-state index contributed by atoms with van der Waals surface area (Å²) in [6, 6.07) is 6.65. The highest BCUT2D eigenvalue weighted by Crippen LogP contribution is 2.50. The molecule has 0 aliphatic heterocycles. The largest absolute Gasteiger partial charge is 0.383 e. The van der Waals surface area contributed by atoms with E-state index in [-0.39, 0.29) is 5.82 Å². The molecule has 1 N–H and O–H groups in total. The molecule has 17 heavy (non-hydrogen) atoms. The Morgan fingerprint density at radius 2 is 2.29 bits per heavy atom. The highest BCUT2D eigenvalue weighted by atomic mass is 19.1. The number of halogens is 1. The number of fused-ring (bicyclic) bond motifs is 1. The molecule has 2 unspecified atom stereocenters. The van der Waals surface area contributed by atoms with Gasteiger partial charge in [0.15, 0.2) is 0 Å². The quantitative estimate of drug-likeness (QED) is 0.853. The van der Waals surface area contributed by atoms with Gasteiger partial charge in [0.2, 0.25) is 0 Å². The molecule has 0 amide bonds. The molecule has 1 aliphatic carbocycles. The number of aliphatic hydroxyl groups is 1. The van der Waals surface area contributed by atoms with E-state index < -0.39 is 11.0 Å². The summed E-state index contributed by atoms with van der Waals surface area (Å²) in [5, 5.41) is 20.1. The molecule has 0 aromatic heterocycles. The van der Waals surface area contributed by atoms with E-state index in [1.807, 2.05) is 6.92 Å². The molecule has 90 valence electrons. The topological polar surface area (TPSA) is 44.0 Å². The van der Waals surface area contributed by atoms with Crippen LogP contribution in [0.3, 0.4) is 0 Å². The van der Waals surface area contributed by atoms with E-state index >= 15 is 0 Å². The maximum Gasteiger partial charge on any atom is 0.123 e. The van der Waals surface area contributed by atoms with Crippen molar-refractivity contribution in [1.29, 1.82) is 5.26 Å². The van der Waals surface area contributed by atoms with E-state index in [9.17, 15) is 14.8 Å². The summed E-state index contributed by atoms with van der Waals surface area (Å²) in [7, 11) is 0. The van der Waals surface area contributed by atoms with E-state index in [4.69, 9.17) is 0 Å². The van der Waals surface area contributed by atoms with Crippen molar-refractivity contribution in [2.75, 3.05) is 0 Å². The van der Waals surface area contributed by atoms with Crippen LogP contribution in [0.15, 0.2) is 18.2 Å². The van der Waals surface area contributed by atoms with Crippen molar-refractivity contribution >= 4 is 0 Å². The number of hydrogen-bond donors (Lipinski definition) is 1. The summed E-state index contributed by atoms with van der Waals surface area (Å²) in [4.78, 5) is 0. The summed E-state index contributed by atoms with van der Waals surface area (Å²) in [6.07, 6.45) is 1.68. The lowest BCUT2D eigenvalue weighted by Gasteiger charge is -2.37. The molecular formula is C14H16FNO. The second kappa shape index (κ2) is 3.82. The van der Waals surface area contributed by atoms with Gasteiger partial charge < -0.3 is 5.11 Å². The Hall–Kier alpha value is -1.40. The number of aryl methyl sites for hydroxylation is 1. The second-order valence-electron chi connectivity index (χ2n) is 4.96. The number of nitriles is 1. The van der Waals surface area contributed by atoms with E-state index in [0.29, 0.717) is 24.8 Å². The smallest absolute Gasteiger partial charge is 0.123 e. The molecule has 1 aromatic carbocycles. The molecule has 2 rings (SSSR count). The molecule has 0 saturated heterocycles. The zero-order chi connectivity index (χ0) is 12.7. The summed E-state index contributed by atoms with van der Waals surface area (Å²) in [6.45, 7) is 3.66. The third-order valence-corrected chi connectivity index (χ3v) is 4.14. The second-order valence-corrected chi connectivity index (χ2v) is 4.96. The van der Waals surface area contributed by atoms with Crippen LogP contribution in [0.2, 0.25) is 0 Å². The molecule has 0 bridgehead atoms. The van der Waals surface area contributed by atoms with E-state index in [2.05, 4.69) is 6.07 Å². The number of benzene rings is 1. The first-order chi connectivity index (χ1) is 7.97. The van der Waals surface area contributed by atoms with Gasteiger partial charge in [-0.25, -0.2) is 4.39 Å². The van der Waals surface area contributed by atoms with Crippen LogP contribution in [-0.4, -0.2) is 5.11 Å². The maximum absolute atomic E-state index is 13.1. The normalized spacial score (nSPS) is 26.1. The Bertz CT molecular complexity index is 493. The number of rotatable bonds is 2. The highest BCUT2D eigenvalue weighted by molar-refractivity contribution is 5.40. The zero-order valence-electron chi connectivity index (χ0n) is 10.1. The Morgan fingerprint density at radius 3 is 2.88 bits per heavy atom. The fraction of sp³-hybridized carbons (Fsp3) is 0.500. The van der Waals surface area contributed by atoms with Crippen molar-refractivity contribution in [2.45, 2.75) is 38.7 Å². The first kappa shape index (κ1) is 12.1. The summed E-state index contributed by atoms with van der Waals surface area (Å²) in [5.41, 5.74) is -0.442. The van der Waals surface area contributed by atoms with Gasteiger partial charge in [0.25, 0.3) is 0 Å². The Kier molecular flexibility index (Phi) is 2.71. The van der Waals surface area contributed by atoms with Crippen LogP contribution in [0, 0.1) is 22.6 Å². The van der Waals surface area contributed by atoms with Gasteiger partial charge in [-0.15, -0.1) is 0 Å². The van der Waals surface area contributed by atoms with Crippen molar-refractivity contribution < 1.29 is 9.50 Å². The minimum atomic E-state index is -1.15. The van der Waals surface area contributed by atoms with Crippen molar-refractivity contribution in [2.24, 2.45) is 5.41 Å². The van der Waals surface area contributed by atoms with Crippen LogP contribution in [0.4, 0.5) is 4.39 Å². The summed E-state index contributed by atoms with van der Waals surface area (Å²) < 4.78 is 13.1. The van der Waals surface area contributed by atoms with Gasteiger partial charge in [0.1, 0.15) is 11.4 Å². The lowest BCUT2D eigenvalue weighted by Crippen LogP contribution is -2.40. The molecule has 2 nitrogen and oxygen atoms in total. The van der Waals surface area contributed by atoms with Crippen LogP contribution in [0.1, 0.15) is 37.8 Å². The fourth-order valence-electron chi connectivity index (χ4n) is 2.66. The van der Waals surface area contributed by atoms with Crippen molar-refractivity contribution in [3.8, 4) is 6.07 Å². The molecule has 2 atom stereocenters. The Morgan fingerprint density at radius 1 is 1.59 bits per heavy atom. The highest BCUT2D eigenvalue weighted by Gasteiger charge is 2.51. The molecule has 3 heteroatoms. The maximum atomic E-state index is 13.1. The van der Waals surface area contributed by atoms with Crippen molar-refractivity contribution in [1.82, 2.24) is 0 Å². The number of hydrogen-bond acceptors (Lipinski definition) is 2. The van der Waals surface area contributed by atoms with Crippen molar-refractivity contribution in [3.63, 3.8) is 0 Å². The summed E-state index contributed by atoms with van der Waals surface area (Å²) >= 11 is 0. The van der Waals surface area contributed by atoms with Crippen LogP contribution in [0.5, 0.6) is 0 Å². The van der Waals surface area contributed by atoms with Crippen LogP contribution < -0.4 is 0 Å². The lowest BCUT2D eigenvalue weighted by atomic mass is 9.69. The SMILES string of the molecule is CCC(C)(C#N)C1(O)CCc2cc(F)ccc21. The first-order valence-corrected chi connectivity index (χ1v) is 5.89. The van der Waals surface area contributed by atoms with Crippen LogP contribution in [0.25, 0.3) is 0 Å². The molecule has 1 aliphatic rings. The van der Waals surface area contributed by atoms with Crippen LogP contribution >= 0.6 is 0 Å². The summed E-state index contributed by atoms with van der Waals surface area (Å²) in [5.74, 6) is -0.289. The monoisotopic (exact) mass is 233 g/mol. The average molecular weight is 233 g/mol. The van der Waals surface area contributed by atoms with Gasteiger partial charge in [-0.3, -0.25) is 0 Å². The molecule has 1 aromatic rings. The molecule has 0 saturated carbocycles. The zero-order valence-corrected chi connectivity index (χ0v) is 10.1. The molecule has 0 radical (unpaired) electrons. The average Bonchev–Trinajstić information content (AvgIpc) is 2.67. The predicted molar refractivity (Wildman–Crippen MR) is 62.6 cm³/mol. The minimum Gasteiger partial charge on any atom is -0.383 e. The van der Waals surface area contributed by atoms with E-state index in [1.165, 1.54) is 12.1 Å². The first-order valence-electron chi connectivity index (χ1n) is 5.89. The fourth-order valence-corrected chi connectivity index (χ4v) is 2.66. The Labute approximate surface area is 101 Å². The third-order valence-electron chi connectivity index (χ3n) is 4.14.